The van der Waals surface area contributed by atoms with Crippen molar-refractivity contribution in [3.63, 3.8) is 0 Å². The van der Waals surface area contributed by atoms with Crippen LogP contribution < -0.4 is 11.1 Å². The molecule has 0 amide bonds. The highest BCUT2D eigenvalue weighted by molar-refractivity contribution is 5.97. The van der Waals surface area contributed by atoms with E-state index in [0.717, 1.165) is 0 Å². The maximum absolute atomic E-state index is 13.3. The predicted molar refractivity (Wildman–Crippen MR) is 81.2 cm³/mol. The van der Waals surface area contributed by atoms with Gasteiger partial charge in [0.05, 0.1) is 17.9 Å². The summed E-state index contributed by atoms with van der Waals surface area (Å²) in [5, 5.41) is 3.08. The number of nitrogens with one attached hydrogen (secondary N) is 1. The Hall–Kier alpha value is -2.56. The van der Waals surface area contributed by atoms with Gasteiger partial charge in [-0.15, -0.1) is 0 Å². The first-order chi connectivity index (χ1) is 10.0. The second-order valence-electron chi connectivity index (χ2n) is 4.61. The Bertz CT molecular complexity index is 671. The van der Waals surface area contributed by atoms with Gasteiger partial charge >= 0.3 is 5.97 Å². The molecule has 2 aromatic rings. The SMILES string of the molecule is CCOC(=O)c1cc(N)ccc1Nc1ccc(F)c(C)c1. The van der Waals surface area contributed by atoms with Crippen LogP contribution in [0.15, 0.2) is 36.4 Å². The molecule has 0 fully saturated rings. The van der Waals surface area contributed by atoms with Gasteiger partial charge in [-0.25, -0.2) is 9.18 Å². The number of rotatable bonds is 4. The van der Waals surface area contributed by atoms with Crippen molar-refractivity contribution in [3.8, 4) is 0 Å². The van der Waals surface area contributed by atoms with Crippen molar-refractivity contribution >= 4 is 23.0 Å². The summed E-state index contributed by atoms with van der Waals surface area (Å²) < 4.78 is 18.3. The molecule has 0 spiro atoms. The highest BCUT2D eigenvalue weighted by Gasteiger charge is 2.13. The largest absolute Gasteiger partial charge is 0.462 e. The fourth-order valence-corrected chi connectivity index (χ4v) is 1.93. The lowest BCUT2D eigenvalue weighted by Crippen LogP contribution is -2.08. The van der Waals surface area contributed by atoms with E-state index in [1.807, 2.05) is 0 Å². The van der Waals surface area contributed by atoms with E-state index in [2.05, 4.69) is 5.32 Å². The molecule has 0 aliphatic carbocycles. The Labute approximate surface area is 122 Å². The van der Waals surface area contributed by atoms with Crippen molar-refractivity contribution in [3.05, 3.63) is 53.3 Å². The van der Waals surface area contributed by atoms with Crippen LogP contribution in [0.4, 0.5) is 21.5 Å². The van der Waals surface area contributed by atoms with E-state index < -0.39 is 5.97 Å². The van der Waals surface area contributed by atoms with Gasteiger partial charge in [0.1, 0.15) is 5.82 Å². The Morgan fingerprint density at radius 3 is 2.71 bits per heavy atom. The standard InChI is InChI=1S/C16H17FN2O2/c1-3-21-16(20)13-9-11(18)4-7-15(13)19-12-5-6-14(17)10(2)8-12/h4-9,19H,3,18H2,1-2H3. The number of anilines is 3. The van der Waals surface area contributed by atoms with E-state index in [-0.39, 0.29) is 12.4 Å². The van der Waals surface area contributed by atoms with Crippen molar-refractivity contribution < 1.29 is 13.9 Å². The first-order valence-electron chi connectivity index (χ1n) is 6.61. The zero-order valence-electron chi connectivity index (χ0n) is 11.9. The minimum atomic E-state index is -0.453. The number of aryl methyl sites for hydroxylation is 1. The predicted octanol–water partition coefficient (Wildman–Crippen LogP) is 3.64. The molecule has 5 heteroatoms. The number of ether oxygens (including phenoxy) is 1. The summed E-state index contributed by atoms with van der Waals surface area (Å²) in [5.74, 6) is -0.727. The summed E-state index contributed by atoms with van der Waals surface area (Å²) in [7, 11) is 0. The van der Waals surface area contributed by atoms with Crippen molar-refractivity contribution in [1.82, 2.24) is 0 Å². The van der Waals surface area contributed by atoms with Gasteiger partial charge in [0, 0.05) is 11.4 Å². The number of esters is 1. The monoisotopic (exact) mass is 288 g/mol. The molecule has 2 rings (SSSR count). The highest BCUT2D eigenvalue weighted by Crippen LogP contribution is 2.25. The Morgan fingerprint density at radius 2 is 2.05 bits per heavy atom. The molecule has 110 valence electrons. The van der Waals surface area contributed by atoms with E-state index in [1.54, 1.807) is 44.2 Å². The highest BCUT2D eigenvalue weighted by atomic mass is 19.1. The van der Waals surface area contributed by atoms with Crippen LogP contribution in [-0.2, 0) is 4.74 Å². The fourth-order valence-electron chi connectivity index (χ4n) is 1.93. The van der Waals surface area contributed by atoms with Crippen LogP contribution >= 0.6 is 0 Å². The third-order valence-corrected chi connectivity index (χ3v) is 2.98. The van der Waals surface area contributed by atoms with Crippen LogP contribution in [0.25, 0.3) is 0 Å². The molecule has 0 aliphatic heterocycles. The summed E-state index contributed by atoms with van der Waals surface area (Å²) in [6.07, 6.45) is 0. The first-order valence-corrected chi connectivity index (χ1v) is 6.61. The Balaban J connectivity index is 2.34. The van der Waals surface area contributed by atoms with Gasteiger partial charge in [-0.3, -0.25) is 0 Å². The lowest BCUT2D eigenvalue weighted by Gasteiger charge is -2.13. The molecule has 3 N–H and O–H groups in total. The van der Waals surface area contributed by atoms with E-state index in [1.165, 1.54) is 6.07 Å². The van der Waals surface area contributed by atoms with Gasteiger partial charge in [0.25, 0.3) is 0 Å². The van der Waals surface area contributed by atoms with Gasteiger partial charge < -0.3 is 15.8 Å². The molecule has 0 aliphatic rings. The molecule has 0 atom stereocenters. The number of hydrogen-bond donors (Lipinski definition) is 2. The third kappa shape index (κ3) is 3.51. The lowest BCUT2D eigenvalue weighted by atomic mass is 10.1. The molecule has 0 bridgehead atoms. The number of nitrogen functional groups attached to an aromatic ring is 1. The van der Waals surface area contributed by atoms with Crippen molar-refractivity contribution in [2.75, 3.05) is 17.7 Å². The third-order valence-electron chi connectivity index (χ3n) is 2.98. The number of carbonyl (C=O) groups is 1. The van der Waals surface area contributed by atoms with E-state index in [4.69, 9.17) is 10.5 Å². The average Bonchev–Trinajstić information content (AvgIpc) is 2.45. The summed E-state index contributed by atoms with van der Waals surface area (Å²) in [6.45, 7) is 3.69. The van der Waals surface area contributed by atoms with Crippen LogP contribution in [0.2, 0.25) is 0 Å². The van der Waals surface area contributed by atoms with Gasteiger partial charge in [0.2, 0.25) is 0 Å². The molecule has 0 unspecified atom stereocenters. The topological polar surface area (TPSA) is 64.3 Å². The minimum Gasteiger partial charge on any atom is -0.462 e. The van der Waals surface area contributed by atoms with Crippen molar-refractivity contribution in [2.45, 2.75) is 13.8 Å². The number of halogens is 1. The van der Waals surface area contributed by atoms with E-state index in [9.17, 15) is 9.18 Å². The second kappa shape index (κ2) is 6.26. The molecular weight excluding hydrogens is 271 g/mol. The first kappa shape index (κ1) is 14.8. The molecule has 0 saturated heterocycles. The fraction of sp³-hybridized carbons (Fsp3) is 0.188. The van der Waals surface area contributed by atoms with Gasteiger partial charge in [-0.05, 0) is 55.8 Å². The number of carbonyl (C=O) groups excluding carboxylic acids is 1. The molecule has 0 saturated carbocycles. The van der Waals surface area contributed by atoms with Crippen LogP contribution in [0, 0.1) is 12.7 Å². The van der Waals surface area contributed by atoms with Crippen molar-refractivity contribution in [2.24, 2.45) is 0 Å². The van der Waals surface area contributed by atoms with E-state index >= 15 is 0 Å². The minimum absolute atomic E-state index is 0.275. The summed E-state index contributed by atoms with van der Waals surface area (Å²) in [4.78, 5) is 12.0. The maximum Gasteiger partial charge on any atom is 0.340 e. The molecule has 0 radical (unpaired) electrons. The summed E-state index contributed by atoms with van der Waals surface area (Å²) in [5.41, 5.74) is 8.30. The quantitative estimate of drug-likeness (QED) is 0.666. The number of nitrogens with two attached hydrogens (primary N) is 1. The normalized spacial score (nSPS) is 10.2. The van der Waals surface area contributed by atoms with Crippen molar-refractivity contribution in [1.29, 1.82) is 0 Å². The Kier molecular flexibility index (Phi) is 4.42. The molecule has 21 heavy (non-hydrogen) atoms. The average molecular weight is 288 g/mol. The smallest absolute Gasteiger partial charge is 0.340 e. The zero-order valence-corrected chi connectivity index (χ0v) is 11.9. The second-order valence-corrected chi connectivity index (χ2v) is 4.61. The van der Waals surface area contributed by atoms with Gasteiger partial charge in [-0.2, -0.15) is 0 Å². The Morgan fingerprint density at radius 1 is 1.29 bits per heavy atom. The maximum atomic E-state index is 13.3. The van der Waals surface area contributed by atoms with Crippen LogP contribution in [0.1, 0.15) is 22.8 Å². The van der Waals surface area contributed by atoms with E-state index in [0.29, 0.717) is 28.2 Å². The van der Waals surface area contributed by atoms with Crippen LogP contribution in [0.5, 0.6) is 0 Å². The summed E-state index contributed by atoms with van der Waals surface area (Å²) >= 11 is 0. The van der Waals surface area contributed by atoms with Crippen LogP contribution in [-0.4, -0.2) is 12.6 Å². The molecule has 0 heterocycles. The van der Waals surface area contributed by atoms with Gasteiger partial charge in [-0.1, -0.05) is 0 Å². The van der Waals surface area contributed by atoms with Gasteiger partial charge in [0.15, 0.2) is 0 Å². The van der Waals surface area contributed by atoms with Crippen LogP contribution in [0.3, 0.4) is 0 Å². The number of hydrogen-bond acceptors (Lipinski definition) is 4. The zero-order chi connectivity index (χ0) is 15.4. The number of benzene rings is 2. The molecule has 0 aromatic heterocycles. The molecule has 2 aromatic carbocycles. The molecule has 4 nitrogen and oxygen atoms in total. The lowest BCUT2D eigenvalue weighted by molar-refractivity contribution is 0.0527. The molecular formula is C16H17FN2O2. The summed E-state index contributed by atoms with van der Waals surface area (Å²) in [6, 6.07) is 9.58.